The number of benzene rings is 1. The molecule has 0 aliphatic heterocycles. The molecule has 0 unspecified atom stereocenters. The van der Waals surface area contributed by atoms with E-state index in [0.29, 0.717) is 18.5 Å². The van der Waals surface area contributed by atoms with Crippen LogP contribution < -0.4 is 11.1 Å². The number of amides is 2. The molecule has 2 heterocycles. The standard InChI is InChI=1S/C21H25N5O2/c1-4-5-15-6-8-16(9-7-15)25-18(27)11-10-17-13(2)24-21-19(20(22)28)23-12-26(21)14(17)3/h6-9,12H,4-5,10-11H2,1-3H3,(H2,22,28)(H,25,27). The van der Waals surface area contributed by atoms with Crippen molar-refractivity contribution in [1.82, 2.24) is 14.4 Å². The normalized spacial score (nSPS) is 11.0. The van der Waals surface area contributed by atoms with Gasteiger partial charge < -0.3 is 11.1 Å². The number of nitrogens with zero attached hydrogens (tertiary/aromatic N) is 3. The van der Waals surface area contributed by atoms with Gasteiger partial charge in [0.25, 0.3) is 5.91 Å². The van der Waals surface area contributed by atoms with Crippen LogP contribution in [0.4, 0.5) is 5.69 Å². The lowest BCUT2D eigenvalue weighted by molar-refractivity contribution is -0.116. The Hall–Kier alpha value is -3.22. The highest BCUT2D eigenvalue weighted by atomic mass is 16.2. The van der Waals surface area contributed by atoms with Crippen LogP contribution in [0.2, 0.25) is 0 Å². The minimum atomic E-state index is -0.606. The van der Waals surface area contributed by atoms with Crippen LogP contribution in [-0.2, 0) is 17.6 Å². The van der Waals surface area contributed by atoms with E-state index >= 15 is 0 Å². The fraction of sp³-hybridized carbons (Fsp3) is 0.333. The molecule has 1 aromatic carbocycles. The van der Waals surface area contributed by atoms with Crippen LogP contribution in [0.1, 0.15) is 52.8 Å². The van der Waals surface area contributed by atoms with Crippen molar-refractivity contribution < 1.29 is 9.59 Å². The molecule has 0 spiro atoms. The number of hydrogen-bond donors (Lipinski definition) is 2. The summed E-state index contributed by atoms with van der Waals surface area (Å²) < 4.78 is 1.74. The third-order valence-electron chi connectivity index (χ3n) is 4.86. The highest BCUT2D eigenvalue weighted by molar-refractivity contribution is 5.96. The summed E-state index contributed by atoms with van der Waals surface area (Å²) in [5.74, 6) is -0.656. The molecule has 0 saturated carbocycles. The molecule has 0 fully saturated rings. The monoisotopic (exact) mass is 379 g/mol. The van der Waals surface area contributed by atoms with Crippen LogP contribution in [0.25, 0.3) is 5.65 Å². The van der Waals surface area contributed by atoms with E-state index in [0.717, 1.165) is 35.5 Å². The number of rotatable bonds is 7. The molecule has 2 aromatic heterocycles. The largest absolute Gasteiger partial charge is 0.364 e. The molecule has 28 heavy (non-hydrogen) atoms. The lowest BCUT2D eigenvalue weighted by atomic mass is 10.1. The zero-order chi connectivity index (χ0) is 20.3. The van der Waals surface area contributed by atoms with Crippen molar-refractivity contribution in [2.75, 3.05) is 5.32 Å². The van der Waals surface area contributed by atoms with Crippen molar-refractivity contribution in [3.63, 3.8) is 0 Å². The van der Waals surface area contributed by atoms with Crippen LogP contribution in [-0.4, -0.2) is 26.2 Å². The van der Waals surface area contributed by atoms with Crippen LogP contribution in [0.3, 0.4) is 0 Å². The summed E-state index contributed by atoms with van der Waals surface area (Å²) in [6, 6.07) is 7.95. The summed E-state index contributed by atoms with van der Waals surface area (Å²) in [5.41, 5.74) is 10.7. The van der Waals surface area contributed by atoms with Crippen molar-refractivity contribution in [3.05, 3.63) is 58.8 Å². The molecular formula is C21H25N5O2. The van der Waals surface area contributed by atoms with Gasteiger partial charge in [0.15, 0.2) is 11.3 Å². The zero-order valence-electron chi connectivity index (χ0n) is 16.5. The highest BCUT2D eigenvalue weighted by Gasteiger charge is 2.17. The van der Waals surface area contributed by atoms with E-state index < -0.39 is 5.91 Å². The average Bonchev–Trinajstić information content (AvgIpc) is 3.07. The van der Waals surface area contributed by atoms with Gasteiger partial charge >= 0.3 is 0 Å². The number of carbonyl (C=O) groups excluding carboxylic acids is 2. The summed E-state index contributed by atoms with van der Waals surface area (Å²) >= 11 is 0. The number of primary amides is 1. The Kier molecular flexibility index (Phi) is 5.73. The van der Waals surface area contributed by atoms with E-state index in [2.05, 4.69) is 22.2 Å². The SMILES string of the molecule is CCCc1ccc(NC(=O)CCc2c(C)nc3c(C(N)=O)ncn3c2C)cc1. The van der Waals surface area contributed by atoms with Gasteiger partial charge in [-0.3, -0.25) is 14.0 Å². The average molecular weight is 379 g/mol. The van der Waals surface area contributed by atoms with Gasteiger partial charge in [0.1, 0.15) is 6.33 Å². The molecule has 0 radical (unpaired) electrons. The van der Waals surface area contributed by atoms with Gasteiger partial charge in [-0.2, -0.15) is 0 Å². The van der Waals surface area contributed by atoms with Gasteiger partial charge in [-0.1, -0.05) is 25.5 Å². The van der Waals surface area contributed by atoms with Crippen molar-refractivity contribution in [1.29, 1.82) is 0 Å². The van der Waals surface area contributed by atoms with Gasteiger partial charge in [-0.15, -0.1) is 0 Å². The number of nitrogens with two attached hydrogens (primary N) is 1. The zero-order valence-corrected chi connectivity index (χ0v) is 16.5. The van der Waals surface area contributed by atoms with Crippen LogP contribution in [0.5, 0.6) is 0 Å². The Balaban J connectivity index is 1.70. The van der Waals surface area contributed by atoms with E-state index in [1.807, 2.05) is 38.1 Å². The number of anilines is 1. The first-order chi connectivity index (χ1) is 13.4. The number of fused-ring (bicyclic) bond motifs is 1. The lowest BCUT2D eigenvalue weighted by Crippen LogP contribution is -2.15. The van der Waals surface area contributed by atoms with Crippen molar-refractivity contribution >= 4 is 23.1 Å². The van der Waals surface area contributed by atoms with Crippen molar-refractivity contribution in [3.8, 4) is 0 Å². The van der Waals surface area contributed by atoms with Crippen molar-refractivity contribution in [2.24, 2.45) is 5.73 Å². The fourth-order valence-corrected chi connectivity index (χ4v) is 3.37. The summed E-state index contributed by atoms with van der Waals surface area (Å²) in [7, 11) is 0. The second-order valence-corrected chi connectivity index (χ2v) is 6.91. The lowest BCUT2D eigenvalue weighted by Gasteiger charge is -2.12. The molecule has 0 bridgehead atoms. The maximum absolute atomic E-state index is 12.4. The van der Waals surface area contributed by atoms with Gasteiger partial charge in [-0.25, -0.2) is 9.97 Å². The molecule has 2 amide bonds. The first-order valence-corrected chi connectivity index (χ1v) is 9.42. The number of aryl methyl sites for hydroxylation is 3. The molecule has 0 aliphatic rings. The van der Waals surface area contributed by atoms with Crippen LogP contribution in [0.15, 0.2) is 30.6 Å². The Morgan fingerprint density at radius 2 is 1.86 bits per heavy atom. The molecule has 3 N–H and O–H groups in total. The summed E-state index contributed by atoms with van der Waals surface area (Å²) in [6.07, 6.45) is 4.56. The van der Waals surface area contributed by atoms with Crippen LogP contribution in [0, 0.1) is 13.8 Å². The Morgan fingerprint density at radius 3 is 2.50 bits per heavy atom. The second kappa shape index (κ2) is 8.21. The van der Waals surface area contributed by atoms with E-state index in [9.17, 15) is 9.59 Å². The third-order valence-corrected chi connectivity index (χ3v) is 4.86. The summed E-state index contributed by atoms with van der Waals surface area (Å²) in [6.45, 7) is 5.93. The van der Waals surface area contributed by atoms with Gasteiger partial charge in [0, 0.05) is 23.5 Å². The maximum atomic E-state index is 12.4. The quantitative estimate of drug-likeness (QED) is 0.659. The topological polar surface area (TPSA) is 102 Å². The van der Waals surface area contributed by atoms with Crippen molar-refractivity contribution in [2.45, 2.75) is 46.5 Å². The van der Waals surface area contributed by atoms with E-state index in [-0.39, 0.29) is 11.6 Å². The van der Waals surface area contributed by atoms with Gasteiger partial charge in [0.2, 0.25) is 5.91 Å². The second-order valence-electron chi connectivity index (χ2n) is 6.91. The predicted molar refractivity (Wildman–Crippen MR) is 108 cm³/mol. The third kappa shape index (κ3) is 4.03. The summed E-state index contributed by atoms with van der Waals surface area (Å²) in [4.78, 5) is 32.4. The number of carbonyl (C=O) groups is 2. The minimum absolute atomic E-state index is 0.0504. The smallest absolute Gasteiger partial charge is 0.271 e. The molecule has 0 saturated heterocycles. The van der Waals surface area contributed by atoms with E-state index in [1.165, 1.54) is 5.56 Å². The molecule has 7 heteroatoms. The van der Waals surface area contributed by atoms with E-state index in [4.69, 9.17) is 5.73 Å². The fourth-order valence-electron chi connectivity index (χ4n) is 3.37. The maximum Gasteiger partial charge on any atom is 0.271 e. The first kappa shape index (κ1) is 19.5. The minimum Gasteiger partial charge on any atom is -0.364 e. The molecular weight excluding hydrogens is 354 g/mol. The molecule has 146 valence electrons. The molecule has 3 aromatic rings. The number of nitrogens with one attached hydrogen (secondary N) is 1. The number of aromatic nitrogens is 3. The van der Waals surface area contributed by atoms with E-state index in [1.54, 1.807) is 10.7 Å². The predicted octanol–water partition coefficient (Wildman–Crippen LogP) is 2.97. The Morgan fingerprint density at radius 1 is 1.14 bits per heavy atom. The number of imidazole rings is 1. The molecule has 0 aliphatic carbocycles. The molecule has 7 nitrogen and oxygen atoms in total. The summed E-state index contributed by atoms with van der Waals surface area (Å²) in [5, 5.41) is 2.94. The molecule has 0 atom stereocenters. The van der Waals surface area contributed by atoms with Gasteiger partial charge in [-0.05, 0) is 49.9 Å². The molecule has 3 rings (SSSR count). The Bertz CT molecular complexity index is 1020. The van der Waals surface area contributed by atoms with Gasteiger partial charge in [0.05, 0.1) is 0 Å². The highest BCUT2D eigenvalue weighted by Crippen LogP contribution is 2.19. The Labute approximate surface area is 164 Å². The number of hydrogen-bond acceptors (Lipinski definition) is 4. The first-order valence-electron chi connectivity index (χ1n) is 9.42. The van der Waals surface area contributed by atoms with Crippen LogP contribution >= 0.6 is 0 Å².